The van der Waals surface area contributed by atoms with Gasteiger partial charge in [0.05, 0.1) is 11.7 Å². The summed E-state index contributed by atoms with van der Waals surface area (Å²) in [5.74, 6) is 0.101. The standard InChI is InChI=1S/C27H38N2O6/c1-25-9-6-17(28-35-15-23(31)29-14-18(30)13-22(29)24(32)33)12-16(25)4-5-19-20(25)7-10-26(2)21(19)8-11-27(26,3)34/h6,9,12,18-22,30,34H,4-5,7-8,10-11,13-15H2,1-3H3,(H,32,33)/t18-,19-,20-,21-,22-,25+,26+,27+/m1/s1. The van der Waals surface area contributed by atoms with E-state index in [0.717, 1.165) is 43.4 Å². The summed E-state index contributed by atoms with van der Waals surface area (Å²) in [5.41, 5.74) is 1.39. The molecular formula is C27H38N2O6. The van der Waals surface area contributed by atoms with E-state index in [9.17, 15) is 24.9 Å². The Morgan fingerprint density at radius 3 is 2.66 bits per heavy atom. The molecule has 4 aliphatic carbocycles. The van der Waals surface area contributed by atoms with Crippen LogP contribution in [-0.4, -0.2) is 68.7 Å². The number of nitrogens with zero attached hydrogens (tertiary/aromatic N) is 2. The number of hydrogen-bond donors (Lipinski definition) is 3. The highest BCUT2D eigenvalue weighted by atomic mass is 16.6. The number of carboxylic acids is 1. The molecule has 5 rings (SSSR count). The monoisotopic (exact) mass is 486 g/mol. The number of carboxylic acid groups (broad SMARTS) is 1. The molecule has 3 saturated carbocycles. The fraction of sp³-hybridized carbons (Fsp3) is 0.741. The molecule has 0 aromatic carbocycles. The van der Waals surface area contributed by atoms with Gasteiger partial charge < -0.3 is 25.1 Å². The molecule has 0 spiro atoms. The molecule has 1 heterocycles. The van der Waals surface area contributed by atoms with Crippen molar-refractivity contribution in [3.05, 3.63) is 23.8 Å². The van der Waals surface area contributed by atoms with E-state index in [-0.39, 0.29) is 30.4 Å². The smallest absolute Gasteiger partial charge is 0.326 e. The molecule has 3 N–H and O–H groups in total. The number of oxime groups is 1. The van der Waals surface area contributed by atoms with E-state index in [0.29, 0.717) is 23.5 Å². The van der Waals surface area contributed by atoms with E-state index in [1.54, 1.807) is 0 Å². The van der Waals surface area contributed by atoms with E-state index in [4.69, 9.17) is 4.84 Å². The minimum Gasteiger partial charge on any atom is -0.480 e. The molecule has 8 atom stereocenters. The second-order valence-corrected chi connectivity index (χ2v) is 12.0. The van der Waals surface area contributed by atoms with Crippen molar-refractivity contribution in [2.75, 3.05) is 13.2 Å². The Balaban J connectivity index is 1.25. The predicted octanol–water partition coefficient (Wildman–Crippen LogP) is 2.90. The minimum absolute atomic E-state index is 0.00214. The van der Waals surface area contributed by atoms with Gasteiger partial charge in [-0.25, -0.2) is 4.79 Å². The molecule has 4 fully saturated rings. The van der Waals surface area contributed by atoms with Crippen LogP contribution in [0.5, 0.6) is 0 Å². The van der Waals surface area contributed by atoms with Gasteiger partial charge in [-0.05, 0) is 80.8 Å². The van der Waals surface area contributed by atoms with Crippen molar-refractivity contribution >= 4 is 17.6 Å². The van der Waals surface area contributed by atoms with Crippen molar-refractivity contribution in [2.24, 2.45) is 33.7 Å². The lowest BCUT2D eigenvalue weighted by Gasteiger charge is -2.58. The van der Waals surface area contributed by atoms with Gasteiger partial charge in [0.15, 0.2) is 6.61 Å². The molecule has 1 aliphatic heterocycles. The van der Waals surface area contributed by atoms with Gasteiger partial charge in [-0.3, -0.25) is 4.79 Å². The number of likely N-dealkylation sites (tertiary alicyclic amines) is 1. The molecule has 35 heavy (non-hydrogen) atoms. The Morgan fingerprint density at radius 1 is 1.17 bits per heavy atom. The van der Waals surface area contributed by atoms with Crippen molar-refractivity contribution in [1.82, 2.24) is 4.90 Å². The Hall–Kier alpha value is -2.19. The Bertz CT molecular complexity index is 1000. The van der Waals surface area contributed by atoms with E-state index < -0.39 is 29.6 Å². The normalized spacial score (nSPS) is 45.5. The van der Waals surface area contributed by atoms with Crippen molar-refractivity contribution in [3.8, 4) is 0 Å². The summed E-state index contributed by atoms with van der Waals surface area (Å²) in [6.45, 7) is 6.30. The van der Waals surface area contributed by atoms with Crippen molar-refractivity contribution < 1.29 is 29.7 Å². The first-order valence-electron chi connectivity index (χ1n) is 13.0. The molecule has 8 heteroatoms. The number of carbonyl (C=O) groups excluding carboxylic acids is 1. The number of β-amino-alcohol motifs (C(OH)–C–C–N with tert-alkyl or cyclic N) is 1. The van der Waals surface area contributed by atoms with Gasteiger partial charge >= 0.3 is 5.97 Å². The second-order valence-electron chi connectivity index (χ2n) is 12.0. The number of carbonyl (C=O) groups is 2. The maximum absolute atomic E-state index is 12.5. The van der Waals surface area contributed by atoms with E-state index in [1.165, 1.54) is 5.57 Å². The van der Waals surface area contributed by atoms with Crippen LogP contribution in [0, 0.1) is 28.6 Å². The fourth-order valence-corrected chi connectivity index (χ4v) is 8.08. The summed E-state index contributed by atoms with van der Waals surface area (Å²) < 4.78 is 0. The zero-order chi connectivity index (χ0) is 25.2. The Morgan fingerprint density at radius 2 is 1.91 bits per heavy atom. The number of amides is 1. The number of fused-ring (bicyclic) bond motifs is 5. The topological polar surface area (TPSA) is 120 Å². The third kappa shape index (κ3) is 3.84. The van der Waals surface area contributed by atoms with Gasteiger partial charge in [-0.15, -0.1) is 0 Å². The zero-order valence-electron chi connectivity index (χ0n) is 20.9. The van der Waals surface area contributed by atoms with Crippen LogP contribution in [0.15, 0.2) is 29.0 Å². The van der Waals surface area contributed by atoms with Crippen LogP contribution < -0.4 is 0 Å². The Labute approximate surface area is 206 Å². The molecule has 0 aromatic rings. The molecule has 0 radical (unpaired) electrons. The molecule has 0 unspecified atom stereocenters. The van der Waals surface area contributed by atoms with Crippen molar-refractivity contribution in [1.29, 1.82) is 0 Å². The number of aliphatic hydroxyl groups is 2. The van der Waals surface area contributed by atoms with Crippen molar-refractivity contribution in [2.45, 2.75) is 83.5 Å². The molecule has 5 aliphatic rings. The fourth-order valence-electron chi connectivity index (χ4n) is 8.08. The predicted molar refractivity (Wildman–Crippen MR) is 129 cm³/mol. The summed E-state index contributed by atoms with van der Waals surface area (Å²) in [4.78, 5) is 30.3. The maximum Gasteiger partial charge on any atom is 0.326 e. The third-order valence-electron chi connectivity index (χ3n) is 10.4. The van der Waals surface area contributed by atoms with Crippen molar-refractivity contribution in [3.63, 3.8) is 0 Å². The third-order valence-corrected chi connectivity index (χ3v) is 10.4. The molecule has 0 aromatic heterocycles. The van der Waals surface area contributed by atoms with Gasteiger partial charge in [-0.1, -0.05) is 30.7 Å². The Kier molecular flexibility index (Phi) is 5.91. The van der Waals surface area contributed by atoms with Crippen LogP contribution in [0.4, 0.5) is 0 Å². The molecule has 0 bridgehead atoms. The van der Waals surface area contributed by atoms with Gasteiger partial charge in [0.2, 0.25) is 0 Å². The SMILES string of the molecule is C[C@]12C=CC(=NOCC(=O)N3C[C@H](O)C[C@@H]3C(=O)O)C=C1CC[C@@H]1[C@H]2CC[C@@]2(C)[C@@H]1CC[C@]2(C)O. The molecule has 1 saturated heterocycles. The van der Waals surface area contributed by atoms with Crippen LogP contribution in [0.25, 0.3) is 0 Å². The number of rotatable bonds is 4. The average molecular weight is 487 g/mol. The first-order valence-corrected chi connectivity index (χ1v) is 13.0. The number of hydrogen-bond acceptors (Lipinski definition) is 6. The first kappa shape index (κ1) is 24.5. The lowest BCUT2D eigenvalue weighted by molar-refractivity contribution is -0.150. The summed E-state index contributed by atoms with van der Waals surface area (Å²) in [6, 6.07) is -1.03. The highest BCUT2D eigenvalue weighted by Crippen LogP contribution is 2.66. The second kappa shape index (κ2) is 8.44. The quantitative estimate of drug-likeness (QED) is 0.526. The largest absolute Gasteiger partial charge is 0.480 e. The van der Waals surface area contributed by atoms with Crippen LogP contribution >= 0.6 is 0 Å². The van der Waals surface area contributed by atoms with Gasteiger partial charge in [0, 0.05) is 18.4 Å². The van der Waals surface area contributed by atoms with Crippen LogP contribution in [-0.2, 0) is 14.4 Å². The number of allylic oxidation sites excluding steroid dienone is 4. The van der Waals surface area contributed by atoms with E-state index >= 15 is 0 Å². The summed E-state index contributed by atoms with van der Waals surface area (Å²) in [6.07, 6.45) is 11.8. The highest BCUT2D eigenvalue weighted by molar-refractivity contribution is 6.05. The van der Waals surface area contributed by atoms with E-state index in [1.807, 2.05) is 13.0 Å². The van der Waals surface area contributed by atoms with Crippen LogP contribution in [0.1, 0.15) is 65.7 Å². The lowest BCUT2D eigenvalue weighted by atomic mass is 9.47. The molecule has 192 valence electrons. The molecule has 8 nitrogen and oxygen atoms in total. The average Bonchev–Trinajstić information content (AvgIpc) is 3.31. The van der Waals surface area contributed by atoms with Gasteiger partial charge in [0.1, 0.15) is 11.8 Å². The van der Waals surface area contributed by atoms with Crippen LogP contribution in [0.2, 0.25) is 0 Å². The molecule has 1 amide bonds. The maximum atomic E-state index is 12.5. The zero-order valence-corrected chi connectivity index (χ0v) is 20.9. The number of aliphatic carboxylic acids is 1. The van der Waals surface area contributed by atoms with E-state index in [2.05, 4.69) is 31.2 Å². The molecular weight excluding hydrogens is 448 g/mol. The first-order chi connectivity index (χ1) is 16.5. The van der Waals surface area contributed by atoms with Gasteiger partial charge in [-0.2, -0.15) is 0 Å². The summed E-state index contributed by atoms with van der Waals surface area (Å²) in [5, 5.41) is 34.3. The van der Waals surface area contributed by atoms with Crippen LogP contribution in [0.3, 0.4) is 0 Å². The van der Waals surface area contributed by atoms with Gasteiger partial charge in [0.25, 0.3) is 5.91 Å². The highest BCUT2D eigenvalue weighted by Gasteiger charge is 2.62. The lowest BCUT2D eigenvalue weighted by Crippen LogP contribution is -2.53. The minimum atomic E-state index is -1.12. The summed E-state index contributed by atoms with van der Waals surface area (Å²) >= 11 is 0. The number of aliphatic hydroxyl groups excluding tert-OH is 1. The summed E-state index contributed by atoms with van der Waals surface area (Å²) in [7, 11) is 0.